The van der Waals surface area contributed by atoms with E-state index in [1.165, 1.54) is 21.1 Å². The van der Waals surface area contributed by atoms with Crippen LogP contribution in [0.3, 0.4) is 0 Å². The summed E-state index contributed by atoms with van der Waals surface area (Å²) in [5.74, 6) is 0.839. The Morgan fingerprint density at radius 2 is 1.92 bits per heavy atom. The second-order valence-electron chi connectivity index (χ2n) is 5.27. The fourth-order valence-electron chi connectivity index (χ4n) is 2.15. The van der Waals surface area contributed by atoms with Crippen molar-refractivity contribution in [3.05, 3.63) is 42.4 Å². The van der Waals surface area contributed by atoms with Crippen molar-refractivity contribution in [3.8, 4) is 11.5 Å². The molecule has 25 heavy (non-hydrogen) atoms. The predicted molar refractivity (Wildman–Crippen MR) is 90.8 cm³/mol. The zero-order valence-corrected chi connectivity index (χ0v) is 14.4. The molecular formula is C18H21NO6. The molecule has 1 aromatic heterocycles. The van der Waals surface area contributed by atoms with Crippen molar-refractivity contribution in [1.82, 2.24) is 0 Å². The number of benzene rings is 1. The van der Waals surface area contributed by atoms with Crippen LogP contribution < -0.4 is 14.8 Å². The van der Waals surface area contributed by atoms with Gasteiger partial charge in [-0.2, -0.15) is 0 Å². The Morgan fingerprint density at radius 1 is 1.16 bits per heavy atom. The summed E-state index contributed by atoms with van der Waals surface area (Å²) in [4.78, 5) is 24.0. The molecule has 1 atom stereocenters. The third-order valence-corrected chi connectivity index (χ3v) is 3.48. The van der Waals surface area contributed by atoms with Crippen molar-refractivity contribution >= 4 is 17.6 Å². The number of carbonyl (C=O) groups is 2. The van der Waals surface area contributed by atoms with E-state index in [4.69, 9.17) is 18.6 Å². The van der Waals surface area contributed by atoms with Gasteiger partial charge in [-0.05, 0) is 31.2 Å². The highest BCUT2D eigenvalue weighted by molar-refractivity contribution is 5.95. The summed E-state index contributed by atoms with van der Waals surface area (Å²) in [7, 11) is 3.03. The number of hydrogen-bond acceptors (Lipinski definition) is 6. The van der Waals surface area contributed by atoms with E-state index in [9.17, 15) is 9.59 Å². The zero-order valence-electron chi connectivity index (χ0n) is 14.4. The first-order chi connectivity index (χ1) is 12.0. The number of furan rings is 1. The van der Waals surface area contributed by atoms with Gasteiger partial charge in [0, 0.05) is 18.2 Å². The smallest absolute Gasteiger partial charge is 0.307 e. The molecule has 7 nitrogen and oxygen atoms in total. The molecule has 1 N–H and O–H groups in total. The number of amides is 1. The SMILES string of the molecule is COc1ccc(NC(=O)[C@@H](C)OC(=O)CCc2ccco2)cc1OC. The monoisotopic (exact) mass is 347 g/mol. The molecule has 0 unspecified atom stereocenters. The molecule has 0 radical (unpaired) electrons. The Labute approximate surface area is 145 Å². The largest absolute Gasteiger partial charge is 0.493 e. The lowest BCUT2D eigenvalue weighted by Crippen LogP contribution is -2.30. The van der Waals surface area contributed by atoms with E-state index in [1.54, 1.807) is 36.6 Å². The van der Waals surface area contributed by atoms with Crippen LogP contribution in [0.5, 0.6) is 11.5 Å². The van der Waals surface area contributed by atoms with Gasteiger partial charge in [0.05, 0.1) is 26.9 Å². The third-order valence-electron chi connectivity index (χ3n) is 3.48. The number of anilines is 1. The number of carbonyl (C=O) groups excluding carboxylic acids is 2. The lowest BCUT2D eigenvalue weighted by molar-refractivity contribution is -0.153. The molecule has 0 saturated heterocycles. The number of rotatable bonds is 8. The molecule has 0 fully saturated rings. The summed E-state index contributed by atoms with van der Waals surface area (Å²) in [6.07, 6.45) is 1.19. The first-order valence-electron chi connectivity index (χ1n) is 7.78. The highest BCUT2D eigenvalue weighted by Crippen LogP contribution is 2.29. The third kappa shape index (κ3) is 5.27. The first kappa shape index (κ1) is 18.4. The van der Waals surface area contributed by atoms with E-state index in [2.05, 4.69) is 5.32 Å². The maximum Gasteiger partial charge on any atom is 0.307 e. The second-order valence-corrected chi connectivity index (χ2v) is 5.27. The van der Waals surface area contributed by atoms with Gasteiger partial charge in [0.1, 0.15) is 5.76 Å². The minimum absolute atomic E-state index is 0.140. The number of esters is 1. The zero-order chi connectivity index (χ0) is 18.2. The topological polar surface area (TPSA) is 87.0 Å². The van der Waals surface area contributed by atoms with Gasteiger partial charge in [-0.25, -0.2) is 0 Å². The van der Waals surface area contributed by atoms with Gasteiger partial charge in [-0.3, -0.25) is 9.59 Å². The molecule has 0 spiro atoms. The number of ether oxygens (including phenoxy) is 3. The predicted octanol–water partition coefficient (Wildman–Crippen LogP) is 2.80. The summed E-state index contributed by atoms with van der Waals surface area (Å²) in [5.41, 5.74) is 0.515. The molecule has 2 aromatic rings. The van der Waals surface area contributed by atoms with Crippen molar-refractivity contribution in [1.29, 1.82) is 0 Å². The van der Waals surface area contributed by atoms with E-state index in [-0.39, 0.29) is 6.42 Å². The Morgan fingerprint density at radius 3 is 2.56 bits per heavy atom. The normalized spacial score (nSPS) is 11.5. The van der Waals surface area contributed by atoms with Crippen LogP contribution in [0.1, 0.15) is 19.1 Å². The Bertz CT molecular complexity index is 710. The Balaban J connectivity index is 1.86. The van der Waals surface area contributed by atoms with Gasteiger partial charge in [-0.15, -0.1) is 0 Å². The summed E-state index contributed by atoms with van der Waals surface area (Å²) < 4.78 is 20.6. The van der Waals surface area contributed by atoms with Gasteiger partial charge >= 0.3 is 5.97 Å². The minimum Gasteiger partial charge on any atom is -0.493 e. The molecule has 1 heterocycles. The highest BCUT2D eigenvalue weighted by atomic mass is 16.5. The van der Waals surface area contributed by atoms with Crippen LogP contribution >= 0.6 is 0 Å². The van der Waals surface area contributed by atoms with Crippen LogP contribution in [0.15, 0.2) is 41.0 Å². The molecule has 1 aromatic carbocycles. The van der Waals surface area contributed by atoms with Crippen LogP contribution in [0.25, 0.3) is 0 Å². The van der Waals surface area contributed by atoms with E-state index in [0.717, 1.165) is 0 Å². The number of methoxy groups -OCH3 is 2. The second kappa shape index (κ2) is 8.77. The molecule has 0 aliphatic carbocycles. The number of nitrogens with one attached hydrogen (secondary N) is 1. The molecule has 0 aliphatic heterocycles. The van der Waals surface area contributed by atoms with Crippen LogP contribution in [0.4, 0.5) is 5.69 Å². The average Bonchev–Trinajstić information content (AvgIpc) is 3.13. The van der Waals surface area contributed by atoms with Crippen molar-refractivity contribution in [3.63, 3.8) is 0 Å². The summed E-state index contributed by atoms with van der Waals surface area (Å²) >= 11 is 0. The molecule has 0 saturated carbocycles. The summed E-state index contributed by atoms with van der Waals surface area (Å²) in [6, 6.07) is 8.50. The number of aryl methyl sites for hydroxylation is 1. The van der Waals surface area contributed by atoms with Crippen LogP contribution in [-0.2, 0) is 20.7 Å². The van der Waals surface area contributed by atoms with Gasteiger partial charge in [0.15, 0.2) is 17.6 Å². The molecule has 0 bridgehead atoms. The van der Waals surface area contributed by atoms with Gasteiger partial charge < -0.3 is 23.9 Å². The molecule has 7 heteroatoms. The van der Waals surface area contributed by atoms with E-state index < -0.39 is 18.0 Å². The fourth-order valence-corrected chi connectivity index (χ4v) is 2.15. The molecule has 2 rings (SSSR count). The van der Waals surface area contributed by atoms with Crippen LogP contribution in [0.2, 0.25) is 0 Å². The maximum absolute atomic E-state index is 12.2. The average molecular weight is 347 g/mol. The van der Waals surface area contributed by atoms with Gasteiger partial charge in [-0.1, -0.05) is 0 Å². The van der Waals surface area contributed by atoms with Crippen molar-refractivity contribution in [2.24, 2.45) is 0 Å². The molecule has 134 valence electrons. The van der Waals surface area contributed by atoms with Crippen molar-refractivity contribution in [2.75, 3.05) is 19.5 Å². The first-order valence-corrected chi connectivity index (χ1v) is 7.78. The van der Waals surface area contributed by atoms with E-state index in [1.807, 2.05) is 0 Å². The Kier molecular flexibility index (Phi) is 6.45. The molecular weight excluding hydrogens is 326 g/mol. The Hall–Kier alpha value is -2.96. The van der Waals surface area contributed by atoms with Gasteiger partial charge in [0.25, 0.3) is 5.91 Å². The summed E-state index contributed by atoms with van der Waals surface area (Å²) in [5, 5.41) is 2.67. The standard InChI is InChI=1S/C18H21NO6/c1-12(25-17(20)9-7-14-5-4-10-24-14)18(21)19-13-6-8-15(22-2)16(11-13)23-3/h4-6,8,10-12H,7,9H2,1-3H3,(H,19,21)/t12-/m1/s1. The van der Waals surface area contributed by atoms with E-state index >= 15 is 0 Å². The van der Waals surface area contributed by atoms with Crippen molar-refractivity contribution in [2.45, 2.75) is 25.9 Å². The number of hydrogen-bond donors (Lipinski definition) is 1. The fraction of sp³-hybridized carbons (Fsp3) is 0.333. The molecule has 1 amide bonds. The lowest BCUT2D eigenvalue weighted by atomic mass is 10.2. The van der Waals surface area contributed by atoms with Crippen LogP contribution in [0, 0.1) is 0 Å². The van der Waals surface area contributed by atoms with Gasteiger partial charge in [0.2, 0.25) is 0 Å². The van der Waals surface area contributed by atoms with E-state index in [0.29, 0.717) is 29.4 Å². The summed E-state index contributed by atoms with van der Waals surface area (Å²) in [6.45, 7) is 1.51. The minimum atomic E-state index is -0.919. The molecule has 0 aliphatic rings. The van der Waals surface area contributed by atoms with Crippen LogP contribution in [-0.4, -0.2) is 32.2 Å². The lowest BCUT2D eigenvalue weighted by Gasteiger charge is -2.14. The highest BCUT2D eigenvalue weighted by Gasteiger charge is 2.18. The van der Waals surface area contributed by atoms with Crippen molar-refractivity contribution < 1.29 is 28.2 Å². The maximum atomic E-state index is 12.2. The quantitative estimate of drug-likeness (QED) is 0.739.